The molecule has 4 nitrogen and oxygen atoms in total. The van der Waals surface area contributed by atoms with Crippen LogP contribution in [-0.4, -0.2) is 22.6 Å². The molecule has 1 aromatic heterocycles. The minimum Gasteiger partial charge on any atom is -0.370 e. The van der Waals surface area contributed by atoms with Crippen LogP contribution in [0.5, 0.6) is 0 Å². The average molecular weight is 375 g/mol. The van der Waals surface area contributed by atoms with Gasteiger partial charge in [-0.3, -0.25) is 0 Å². The summed E-state index contributed by atoms with van der Waals surface area (Å²) in [4.78, 5) is 6.53. The fourth-order valence-electron chi connectivity index (χ4n) is 3.09. The maximum Gasteiger partial charge on any atom is 0.101 e. The van der Waals surface area contributed by atoms with Gasteiger partial charge in [0.05, 0.1) is 17.6 Å². The SMILES string of the molecule is CC.Cn1cncc1C1CCN(c2c(Br)cccc2C#N)CC1. The number of hydrogen-bond donors (Lipinski definition) is 0. The Bertz CT molecular complexity index is 679. The first-order valence-electron chi connectivity index (χ1n) is 8.10. The molecule has 1 aromatic carbocycles. The van der Waals surface area contributed by atoms with Crippen molar-refractivity contribution in [3.63, 3.8) is 0 Å². The number of hydrogen-bond acceptors (Lipinski definition) is 3. The molecule has 0 amide bonds. The van der Waals surface area contributed by atoms with E-state index in [9.17, 15) is 5.26 Å². The summed E-state index contributed by atoms with van der Waals surface area (Å²) < 4.78 is 3.11. The first-order valence-corrected chi connectivity index (χ1v) is 8.89. The van der Waals surface area contributed by atoms with Crippen molar-refractivity contribution in [2.45, 2.75) is 32.6 Å². The molecule has 2 heterocycles. The van der Waals surface area contributed by atoms with Crippen LogP contribution in [0.25, 0.3) is 0 Å². The molecule has 0 bridgehead atoms. The van der Waals surface area contributed by atoms with E-state index in [4.69, 9.17) is 0 Å². The quantitative estimate of drug-likeness (QED) is 0.778. The average Bonchev–Trinajstić information content (AvgIpc) is 3.02. The lowest BCUT2D eigenvalue weighted by Gasteiger charge is -2.34. The highest BCUT2D eigenvalue weighted by Crippen LogP contribution is 2.35. The Morgan fingerprint density at radius 3 is 2.52 bits per heavy atom. The van der Waals surface area contributed by atoms with Gasteiger partial charge in [0.25, 0.3) is 0 Å². The molecule has 0 saturated carbocycles. The van der Waals surface area contributed by atoms with Gasteiger partial charge in [0.1, 0.15) is 6.07 Å². The maximum absolute atomic E-state index is 9.30. The highest BCUT2D eigenvalue weighted by atomic mass is 79.9. The van der Waals surface area contributed by atoms with Crippen LogP contribution in [0.2, 0.25) is 0 Å². The Labute approximate surface area is 146 Å². The number of halogens is 1. The number of nitriles is 1. The molecule has 1 aliphatic rings. The molecule has 0 atom stereocenters. The third kappa shape index (κ3) is 3.76. The third-order valence-electron chi connectivity index (χ3n) is 4.19. The molecule has 2 aromatic rings. The zero-order valence-corrected chi connectivity index (χ0v) is 15.5. The van der Waals surface area contributed by atoms with Crippen LogP contribution in [0, 0.1) is 11.3 Å². The van der Waals surface area contributed by atoms with Crippen molar-refractivity contribution in [3.05, 3.63) is 46.5 Å². The van der Waals surface area contributed by atoms with E-state index in [0.29, 0.717) is 5.92 Å². The number of imidazole rings is 1. The molecule has 0 spiro atoms. The van der Waals surface area contributed by atoms with Gasteiger partial charge in [-0.25, -0.2) is 4.98 Å². The van der Waals surface area contributed by atoms with Gasteiger partial charge in [-0.15, -0.1) is 0 Å². The third-order valence-corrected chi connectivity index (χ3v) is 4.83. The monoisotopic (exact) mass is 374 g/mol. The predicted molar refractivity (Wildman–Crippen MR) is 97.6 cm³/mol. The Balaban J connectivity index is 0.000000924. The summed E-state index contributed by atoms with van der Waals surface area (Å²) in [6, 6.07) is 8.09. The number of anilines is 1. The van der Waals surface area contributed by atoms with E-state index in [0.717, 1.165) is 41.7 Å². The molecular formula is C18H23BrN4. The van der Waals surface area contributed by atoms with Gasteiger partial charge >= 0.3 is 0 Å². The van der Waals surface area contributed by atoms with Gasteiger partial charge in [0, 0.05) is 42.4 Å². The number of para-hydroxylation sites is 1. The summed E-state index contributed by atoms with van der Waals surface area (Å²) >= 11 is 3.58. The van der Waals surface area contributed by atoms with Crippen molar-refractivity contribution in [2.75, 3.05) is 18.0 Å². The minimum absolute atomic E-state index is 0.557. The first-order chi connectivity index (χ1) is 11.2. The highest BCUT2D eigenvalue weighted by molar-refractivity contribution is 9.10. The van der Waals surface area contributed by atoms with Gasteiger partial charge in [-0.2, -0.15) is 5.26 Å². The lowest BCUT2D eigenvalue weighted by atomic mass is 9.93. The predicted octanol–water partition coefficient (Wildman–Crippen LogP) is 4.46. The summed E-state index contributed by atoms with van der Waals surface area (Å²) in [5.41, 5.74) is 3.08. The molecule has 23 heavy (non-hydrogen) atoms. The van der Waals surface area contributed by atoms with Crippen LogP contribution >= 0.6 is 15.9 Å². The van der Waals surface area contributed by atoms with Crippen LogP contribution in [0.1, 0.15) is 43.9 Å². The zero-order valence-electron chi connectivity index (χ0n) is 14.0. The molecule has 0 N–H and O–H groups in total. The summed E-state index contributed by atoms with van der Waals surface area (Å²) in [7, 11) is 2.05. The van der Waals surface area contributed by atoms with Crippen LogP contribution in [0.3, 0.4) is 0 Å². The molecule has 0 aliphatic carbocycles. The standard InChI is InChI=1S/C16H17BrN4.C2H6/c1-20-11-19-10-15(20)12-5-7-21(8-6-12)16-13(9-18)3-2-4-14(16)17;1-2/h2-4,10-12H,5-8H2,1H3;1-2H3. The Morgan fingerprint density at radius 1 is 1.26 bits per heavy atom. The lowest BCUT2D eigenvalue weighted by Crippen LogP contribution is -2.34. The fourth-order valence-corrected chi connectivity index (χ4v) is 3.70. The molecule has 0 radical (unpaired) electrons. The second-order valence-electron chi connectivity index (χ2n) is 5.44. The zero-order chi connectivity index (χ0) is 16.8. The van der Waals surface area contributed by atoms with Gasteiger partial charge in [-0.05, 0) is 40.9 Å². The molecule has 1 fully saturated rings. The van der Waals surface area contributed by atoms with E-state index >= 15 is 0 Å². The number of aryl methyl sites for hydroxylation is 1. The molecule has 122 valence electrons. The van der Waals surface area contributed by atoms with E-state index in [1.807, 2.05) is 44.6 Å². The van der Waals surface area contributed by atoms with Crippen molar-refractivity contribution in [2.24, 2.45) is 7.05 Å². The molecular weight excluding hydrogens is 352 g/mol. The number of rotatable bonds is 2. The summed E-state index contributed by atoms with van der Waals surface area (Å²) in [6.45, 7) is 5.93. The van der Waals surface area contributed by atoms with Crippen LogP contribution in [-0.2, 0) is 7.05 Å². The molecule has 1 aliphatic heterocycles. The van der Waals surface area contributed by atoms with Crippen LogP contribution in [0.4, 0.5) is 5.69 Å². The molecule has 1 saturated heterocycles. The largest absolute Gasteiger partial charge is 0.370 e. The van der Waals surface area contributed by atoms with E-state index in [1.165, 1.54) is 5.69 Å². The number of aromatic nitrogens is 2. The van der Waals surface area contributed by atoms with Gasteiger partial charge in [0.2, 0.25) is 0 Å². The van der Waals surface area contributed by atoms with Crippen molar-refractivity contribution in [3.8, 4) is 6.07 Å². The fraction of sp³-hybridized carbons (Fsp3) is 0.444. The number of nitrogens with zero attached hydrogens (tertiary/aromatic N) is 4. The van der Waals surface area contributed by atoms with Crippen molar-refractivity contribution in [1.29, 1.82) is 5.26 Å². The Hall–Kier alpha value is -1.80. The maximum atomic E-state index is 9.30. The van der Waals surface area contributed by atoms with Crippen molar-refractivity contribution in [1.82, 2.24) is 9.55 Å². The highest BCUT2D eigenvalue weighted by Gasteiger charge is 2.25. The van der Waals surface area contributed by atoms with Gasteiger partial charge < -0.3 is 9.47 Å². The number of benzene rings is 1. The van der Waals surface area contributed by atoms with E-state index in [-0.39, 0.29) is 0 Å². The Morgan fingerprint density at radius 2 is 1.96 bits per heavy atom. The summed E-state index contributed by atoms with van der Waals surface area (Å²) in [6.07, 6.45) is 6.01. The van der Waals surface area contributed by atoms with E-state index in [2.05, 4.69) is 43.5 Å². The second-order valence-corrected chi connectivity index (χ2v) is 6.29. The lowest BCUT2D eigenvalue weighted by molar-refractivity contribution is 0.485. The van der Waals surface area contributed by atoms with Crippen LogP contribution < -0.4 is 4.90 Å². The smallest absolute Gasteiger partial charge is 0.101 e. The van der Waals surface area contributed by atoms with E-state index in [1.54, 1.807) is 0 Å². The van der Waals surface area contributed by atoms with Crippen molar-refractivity contribution < 1.29 is 0 Å². The Kier molecular flexibility index (Phi) is 6.23. The van der Waals surface area contributed by atoms with E-state index < -0.39 is 0 Å². The second kappa shape index (κ2) is 8.16. The topological polar surface area (TPSA) is 44.9 Å². The van der Waals surface area contributed by atoms with Gasteiger partial charge in [0.15, 0.2) is 0 Å². The summed E-state index contributed by atoms with van der Waals surface area (Å²) in [5.74, 6) is 0.557. The minimum atomic E-state index is 0.557. The molecule has 0 unspecified atom stereocenters. The summed E-state index contributed by atoms with van der Waals surface area (Å²) in [5, 5.41) is 9.30. The van der Waals surface area contributed by atoms with Crippen LogP contribution in [0.15, 0.2) is 35.2 Å². The first kappa shape index (κ1) is 17.6. The normalized spacial score (nSPS) is 14.8. The number of piperidine rings is 1. The molecule has 3 rings (SSSR count). The van der Waals surface area contributed by atoms with Crippen molar-refractivity contribution >= 4 is 21.6 Å². The molecule has 5 heteroatoms. The van der Waals surface area contributed by atoms with Gasteiger partial charge in [-0.1, -0.05) is 19.9 Å².